The fraction of sp³-hybridized carbons (Fsp3) is 0. The predicted octanol–water partition coefficient (Wildman–Crippen LogP) is 2.34. The van der Waals surface area contributed by atoms with Gasteiger partial charge >= 0.3 is 0 Å². The maximum Gasteiger partial charge on any atom is 0.179 e. The van der Waals surface area contributed by atoms with Gasteiger partial charge < -0.3 is 4.74 Å². The minimum atomic E-state index is 0.991. The largest absolute Gasteiger partial charge is 0.449 e. The zero-order valence-corrected chi connectivity index (χ0v) is 5.74. The van der Waals surface area contributed by atoms with E-state index < -0.39 is 0 Å². The molecular weight excluding hydrogens is 138 g/mol. The maximum atomic E-state index is 5.21. The summed E-state index contributed by atoms with van der Waals surface area (Å²) >= 11 is 0. The van der Waals surface area contributed by atoms with Crippen LogP contribution in [0.1, 0.15) is 0 Å². The molecule has 2 heteroatoms. The molecule has 1 aromatic heterocycles. The minimum absolute atomic E-state index is 0.991. The average molecular weight is 143 g/mol. The van der Waals surface area contributed by atoms with E-state index in [1.165, 1.54) is 5.39 Å². The Morgan fingerprint density at radius 2 is 2.18 bits per heavy atom. The van der Waals surface area contributed by atoms with Gasteiger partial charge in [-0.2, -0.15) is 0 Å². The molecule has 0 amide bonds. The quantitative estimate of drug-likeness (QED) is 0.451. The lowest BCUT2D eigenvalue weighted by Gasteiger charge is -1.88. The third kappa shape index (κ3) is 0.584. The number of rotatable bonds is 0. The van der Waals surface area contributed by atoms with Crippen molar-refractivity contribution in [2.45, 2.75) is 0 Å². The summed E-state index contributed by atoms with van der Waals surface area (Å²) in [6.07, 6.45) is 3.62. The Morgan fingerprint density at radius 3 is 3.18 bits per heavy atom. The lowest BCUT2D eigenvalue weighted by molar-refractivity contribution is 0.653. The Hall–Kier alpha value is -1.57. The summed E-state index contributed by atoms with van der Waals surface area (Å²) in [4.78, 5) is 4.03. The van der Waals surface area contributed by atoms with E-state index in [9.17, 15) is 0 Å². The number of benzene rings is 1. The number of hydrogen-bond donors (Lipinski definition) is 0. The summed E-state index contributed by atoms with van der Waals surface area (Å²) in [6.45, 7) is 0. The first-order valence-corrected chi connectivity index (χ1v) is 3.50. The van der Waals surface area contributed by atoms with Gasteiger partial charge in [-0.15, -0.1) is 0 Å². The number of aromatic nitrogens is 1. The smallest absolute Gasteiger partial charge is 0.179 e. The lowest BCUT2D eigenvalue weighted by Crippen LogP contribution is -1.69. The first kappa shape index (κ1) is 5.13. The molecule has 2 aromatic rings. The van der Waals surface area contributed by atoms with Gasteiger partial charge in [-0.3, -0.25) is 4.98 Å². The van der Waals surface area contributed by atoms with Crippen LogP contribution >= 0.6 is 0 Å². The highest BCUT2D eigenvalue weighted by molar-refractivity contribution is 5.93. The van der Waals surface area contributed by atoms with Gasteiger partial charge in [-0.1, -0.05) is 6.07 Å². The summed E-state index contributed by atoms with van der Waals surface area (Å²) in [5.74, 6) is 1.99. The van der Waals surface area contributed by atoms with Gasteiger partial charge in [0.05, 0.1) is 0 Å². The van der Waals surface area contributed by atoms with Crippen molar-refractivity contribution in [3.63, 3.8) is 0 Å². The van der Waals surface area contributed by atoms with Gasteiger partial charge in [0.1, 0.15) is 0 Å². The molecule has 0 N–H and O–H groups in total. The fourth-order valence-electron chi connectivity index (χ4n) is 1.29. The van der Waals surface area contributed by atoms with E-state index >= 15 is 0 Å². The van der Waals surface area contributed by atoms with Crippen LogP contribution in [0.25, 0.3) is 10.8 Å². The molecule has 0 bridgehead atoms. The molecule has 11 heavy (non-hydrogen) atoms. The first-order chi connectivity index (χ1) is 5.45. The molecule has 0 radical (unpaired) electrons. The molecule has 0 saturated heterocycles. The second-order valence-corrected chi connectivity index (χ2v) is 2.59. The van der Waals surface area contributed by atoms with Crippen LogP contribution in [0.15, 0.2) is 30.6 Å². The van der Waals surface area contributed by atoms with Crippen molar-refractivity contribution in [2.75, 3.05) is 0 Å². The maximum absolute atomic E-state index is 5.21. The molecule has 0 spiro atoms. The van der Waals surface area contributed by atoms with Crippen LogP contribution in [0, 0.1) is 0 Å². The second-order valence-electron chi connectivity index (χ2n) is 2.59. The number of pyridine rings is 1. The van der Waals surface area contributed by atoms with Crippen molar-refractivity contribution in [2.24, 2.45) is 0 Å². The summed E-state index contributed by atoms with van der Waals surface area (Å²) < 4.78 is 5.21. The monoisotopic (exact) mass is 143 g/mol. The minimum Gasteiger partial charge on any atom is -0.449 e. The molecule has 1 aliphatic rings. The number of fused-ring (bicyclic) bond motifs is 3. The van der Waals surface area contributed by atoms with Crippen LogP contribution in [0.5, 0.6) is 11.5 Å². The Bertz CT molecular complexity index is 437. The summed E-state index contributed by atoms with van der Waals surface area (Å²) in [5, 5.41) is 2.31. The van der Waals surface area contributed by atoms with Crippen molar-refractivity contribution in [1.29, 1.82) is 0 Å². The van der Waals surface area contributed by atoms with Gasteiger partial charge in [-0.25, -0.2) is 0 Å². The zero-order chi connectivity index (χ0) is 7.26. The topological polar surface area (TPSA) is 25.4 Å². The van der Waals surface area contributed by atoms with Gasteiger partial charge in [0.25, 0.3) is 0 Å². The molecule has 0 saturated carbocycles. The fourth-order valence-corrected chi connectivity index (χ4v) is 1.29. The van der Waals surface area contributed by atoms with E-state index in [0.29, 0.717) is 0 Å². The van der Waals surface area contributed by atoms with Crippen molar-refractivity contribution < 1.29 is 4.74 Å². The van der Waals surface area contributed by atoms with E-state index in [1.54, 1.807) is 6.20 Å². The zero-order valence-electron chi connectivity index (χ0n) is 5.74. The molecule has 1 aliphatic heterocycles. The summed E-state index contributed by atoms with van der Waals surface area (Å²) in [5.41, 5.74) is 0. The molecule has 3 rings (SSSR count). The van der Waals surface area contributed by atoms with E-state index in [2.05, 4.69) is 4.98 Å². The lowest BCUT2D eigenvalue weighted by atomic mass is 10.2. The Morgan fingerprint density at radius 1 is 1.18 bits per heavy atom. The third-order valence-electron chi connectivity index (χ3n) is 1.91. The van der Waals surface area contributed by atoms with Crippen LogP contribution in [-0.2, 0) is 0 Å². The van der Waals surface area contributed by atoms with E-state index in [0.717, 1.165) is 16.9 Å². The molecule has 1 aromatic carbocycles. The van der Waals surface area contributed by atoms with Gasteiger partial charge in [-0.05, 0) is 17.5 Å². The van der Waals surface area contributed by atoms with Crippen molar-refractivity contribution in [3.05, 3.63) is 30.6 Å². The molecule has 0 unspecified atom stereocenters. The van der Waals surface area contributed by atoms with Gasteiger partial charge in [0.2, 0.25) is 0 Å². The third-order valence-corrected chi connectivity index (χ3v) is 1.91. The molecule has 2 nitrogen and oxygen atoms in total. The summed E-state index contributed by atoms with van der Waals surface area (Å²) in [6, 6.07) is 6.01. The molecule has 0 aliphatic carbocycles. The van der Waals surface area contributed by atoms with Crippen LogP contribution in [0.2, 0.25) is 0 Å². The number of hydrogen-bond acceptors (Lipinski definition) is 2. The van der Waals surface area contributed by atoms with Gasteiger partial charge in [0.15, 0.2) is 11.5 Å². The van der Waals surface area contributed by atoms with E-state index in [1.807, 2.05) is 24.4 Å². The van der Waals surface area contributed by atoms with Crippen molar-refractivity contribution >= 4 is 10.8 Å². The highest BCUT2D eigenvalue weighted by atomic mass is 16.6. The standard InChI is InChI=1S/C9H5NO/c1-2-8-9(11-8)7-5-10-4-3-6(1)7/h1-5H. The number of ether oxygens (including phenoxy) is 1. The second kappa shape index (κ2) is 1.53. The molecule has 0 atom stereocenters. The van der Waals surface area contributed by atoms with E-state index in [4.69, 9.17) is 4.74 Å². The van der Waals surface area contributed by atoms with Crippen LogP contribution < -0.4 is 4.74 Å². The van der Waals surface area contributed by atoms with E-state index in [-0.39, 0.29) is 0 Å². The Kier molecular flexibility index (Phi) is 0.714. The molecular formula is C9H5NO. The molecule has 52 valence electrons. The Balaban J connectivity index is 2.56. The van der Waals surface area contributed by atoms with Crippen LogP contribution in [0.3, 0.4) is 0 Å². The average Bonchev–Trinajstić information content (AvgIpc) is 2.83. The van der Waals surface area contributed by atoms with Gasteiger partial charge in [0, 0.05) is 17.8 Å². The highest BCUT2D eigenvalue weighted by Crippen LogP contribution is 2.49. The normalized spacial score (nSPS) is 12.4. The SMILES string of the molecule is c1cc2ccc3c(c2cn1)O3. The first-order valence-electron chi connectivity index (χ1n) is 3.50. The summed E-state index contributed by atoms with van der Waals surface area (Å²) in [7, 11) is 0. The van der Waals surface area contributed by atoms with Crippen molar-refractivity contribution in [1.82, 2.24) is 4.98 Å². The van der Waals surface area contributed by atoms with Crippen LogP contribution in [-0.4, -0.2) is 4.98 Å². The van der Waals surface area contributed by atoms with Crippen LogP contribution in [0.4, 0.5) is 0 Å². The molecule has 0 fully saturated rings. The number of nitrogens with zero attached hydrogens (tertiary/aromatic N) is 1. The Labute approximate surface area is 63.4 Å². The van der Waals surface area contributed by atoms with Crippen molar-refractivity contribution in [3.8, 4) is 11.5 Å². The highest BCUT2D eigenvalue weighted by Gasteiger charge is 2.22. The molecule has 2 heterocycles. The predicted molar refractivity (Wildman–Crippen MR) is 41.8 cm³/mol.